The summed E-state index contributed by atoms with van der Waals surface area (Å²) in [6, 6.07) is 45.1. The molecule has 0 saturated carbocycles. The highest BCUT2D eigenvalue weighted by molar-refractivity contribution is 7.96. The molecule has 0 radical (unpaired) electrons. The maximum absolute atomic E-state index is 14.9. The van der Waals surface area contributed by atoms with Gasteiger partial charge in [0.1, 0.15) is 12.0 Å². The number of thiocarbonyl (C=S) groups is 1. The molecule has 0 N–H and O–H groups in total. The van der Waals surface area contributed by atoms with E-state index in [-0.39, 0.29) is 30.0 Å². The van der Waals surface area contributed by atoms with E-state index in [0.29, 0.717) is 16.8 Å². The number of nitro benzene ring substituents is 1. The molecule has 0 spiro atoms. The lowest BCUT2D eigenvalue weighted by Crippen LogP contribution is -2.67. The molecule has 1 atom stereocenters. The molecule has 240 valence electrons. The predicted octanol–water partition coefficient (Wildman–Crippen LogP) is 6.56. The largest absolute Gasteiger partial charge is 0.456 e. The molecule has 5 aromatic carbocycles. The van der Waals surface area contributed by atoms with Crippen LogP contribution in [0.25, 0.3) is 0 Å². The molecule has 1 heterocycles. The Hall–Kier alpha value is -5.17. The van der Waals surface area contributed by atoms with E-state index in [9.17, 15) is 19.7 Å². The van der Waals surface area contributed by atoms with Crippen LogP contribution < -0.4 is 15.9 Å². The van der Waals surface area contributed by atoms with Crippen molar-refractivity contribution in [3.63, 3.8) is 0 Å². The summed E-state index contributed by atoms with van der Waals surface area (Å²) in [4.78, 5) is 42.0. The molecule has 7 nitrogen and oxygen atoms in total. The van der Waals surface area contributed by atoms with Crippen LogP contribution in [0.2, 0.25) is 0 Å². The number of likely N-dealkylation sites (tertiary alicyclic amines) is 1. The zero-order valence-corrected chi connectivity index (χ0v) is 28.0. The van der Waals surface area contributed by atoms with Crippen molar-refractivity contribution in [2.75, 3.05) is 0 Å². The number of nitro groups is 1. The highest BCUT2D eigenvalue weighted by atomic mass is 32.1. The minimum atomic E-state index is -3.10. The van der Waals surface area contributed by atoms with Gasteiger partial charge in [-0.1, -0.05) is 134 Å². The van der Waals surface area contributed by atoms with Crippen molar-refractivity contribution >= 4 is 62.9 Å². The van der Waals surface area contributed by atoms with Crippen LogP contribution in [0.3, 0.4) is 0 Å². The third-order valence-corrected chi connectivity index (χ3v) is 13.2. The highest BCUT2D eigenvalue weighted by Gasteiger charge is 2.54. The molecule has 0 bridgehead atoms. The molecule has 1 amide bonds. The summed E-state index contributed by atoms with van der Waals surface area (Å²) in [5.74, 6) is -0.828. The number of benzene rings is 5. The summed E-state index contributed by atoms with van der Waals surface area (Å²) in [6.07, 6.45) is 0.576. The number of non-ortho nitro benzene ring substituents is 1. The number of amides is 1. The second kappa shape index (κ2) is 13.9. The van der Waals surface area contributed by atoms with E-state index in [1.807, 2.05) is 128 Å². The molecule has 9 heteroatoms. The summed E-state index contributed by atoms with van der Waals surface area (Å²) in [5, 5.41) is 13.9. The molecule has 1 saturated heterocycles. The summed E-state index contributed by atoms with van der Waals surface area (Å²) in [7, 11) is 0. The average molecular weight is 673 g/mol. The predicted molar refractivity (Wildman–Crippen MR) is 196 cm³/mol. The number of ether oxygens (including phenoxy) is 1. The van der Waals surface area contributed by atoms with Gasteiger partial charge in [-0.15, -0.1) is 0 Å². The lowest BCUT2D eigenvalue weighted by Gasteiger charge is -2.52. The Morgan fingerprint density at radius 3 is 1.69 bits per heavy atom. The van der Waals surface area contributed by atoms with E-state index in [0.717, 1.165) is 21.5 Å². The normalized spacial score (nSPS) is 15.7. The fourth-order valence-corrected chi connectivity index (χ4v) is 11.3. The van der Waals surface area contributed by atoms with E-state index in [1.165, 1.54) is 12.1 Å². The van der Waals surface area contributed by atoms with Crippen molar-refractivity contribution in [3.8, 4) is 0 Å². The van der Waals surface area contributed by atoms with E-state index >= 15 is 0 Å². The third kappa shape index (κ3) is 6.25. The molecule has 1 fully saturated rings. The second-order valence-corrected chi connectivity index (χ2v) is 15.7. The number of carbonyl (C=O) groups excluding carboxylic acids is 2. The van der Waals surface area contributed by atoms with Crippen molar-refractivity contribution in [2.45, 2.75) is 31.9 Å². The van der Waals surface area contributed by atoms with Crippen molar-refractivity contribution in [3.05, 3.63) is 167 Å². The van der Waals surface area contributed by atoms with Gasteiger partial charge in [-0.3, -0.25) is 19.8 Å². The van der Waals surface area contributed by atoms with Crippen LogP contribution in [0.5, 0.6) is 0 Å². The Morgan fingerprint density at radius 1 is 0.792 bits per heavy atom. The first kappa shape index (κ1) is 32.8. The van der Waals surface area contributed by atoms with Crippen LogP contribution in [0, 0.1) is 10.1 Å². The molecule has 6 rings (SSSR count). The number of rotatable bonds is 11. The number of nitrogens with zero attached hydrogens (tertiary/aromatic N) is 2. The van der Waals surface area contributed by atoms with Crippen LogP contribution >= 0.6 is 19.1 Å². The molecule has 0 aliphatic carbocycles. The Bertz CT molecular complexity index is 1920. The first-order valence-electron chi connectivity index (χ1n) is 15.5. The summed E-state index contributed by atoms with van der Waals surface area (Å²) >= 11 is 5.93. The molecule has 1 aliphatic heterocycles. The first-order valence-corrected chi connectivity index (χ1v) is 17.7. The quantitative estimate of drug-likeness (QED) is 0.0300. The standard InChI is InChI=1S/C39H33N2O5PS/c1-39(26-35(48)30-14-6-2-7-15-30)27-36(42)40(39)37(38(43)46-28-29-22-24-31(25-23-29)41(44)45)47(32-16-8-3-9-17-32,33-18-10-4-11-19-33)34-20-12-5-13-21-34/h2-25H,26-28H2,1H3. The molecular weight excluding hydrogens is 639 g/mol. The zero-order chi connectivity index (χ0) is 33.7. The minimum Gasteiger partial charge on any atom is -0.456 e. The van der Waals surface area contributed by atoms with Crippen LogP contribution in [-0.2, 0) is 20.9 Å². The Labute approximate surface area is 284 Å². The van der Waals surface area contributed by atoms with Gasteiger partial charge in [0.15, 0.2) is 0 Å². The Balaban J connectivity index is 1.60. The van der Waals surface area contributed by atoms with E-state index in [1.54, 1.807) is 17.0 Å². The summed E-state index contributed by atoms with van der Waals surface area (Å²) < 4.78 is 6.10. The number of esters is 1. The smallest absolute Gasteiger partial charge is 0.356 e. The monoisotopic (exact) mass is 672 g/mol. The maximum Gasteiger partial charge on any atom is 0.356 e. The van der Waals surface area contributed by atoms with E-state index < -0.39 is 23.3 Å². The van der Waals surface area contributed by atoms with Crippen molar-refractivity contribution in [1.82, 2.24) is 4.90 Å². The van der Waals surface area contributed by atoms with Gasteiger partial charge in [0, 0.05) is 30.3 Å². The van der Waals surface area contributed by atoms with Gasteiger partial charge < -0.3 is 4.74 Å². The van der Waals surface area contributed by atoms with Gasteiger partial charge >= 0.3 is 5.97 Å². The van der Waals surface area contributed by atoms with Crippen molar-refractivity contribution in [1.29, 1.82) is 0 Å². The molecule has 48 heavy (non-hydrogen) atoms. The van der Waals surface area contributed by atoms with Gasteiger partial charge in [-0.05, 0) is 46.1 Å². The number of β-lactam (4-membered cyclic amide) rings is 1. The highest BCUT2D eigenvalue weighted by Crippen LogP contribution is 2.51. The van der Waals surface area contributed by atoms with Crippen LogP contribution in [0.1, 0.15) is 30.9 Å². The maximum atomic E-state index is 14.9. The minimum absolute atomic E-state index is 0.0594. The Kier molecular flexibility index (Phi) is 9.49. The van der Waals surface area contributed by atoms with E-state index in [2.05, 4.69) is 0 Å². The summed E-state index contributed by atoms with van der Waals surface area (Å²) in [5.41, 5.74) is 0.873. The zero-order valence-electron chi connectivity index (χ0n) is 26.3. The fraction of sp³-hybridized carbons (Fsp3) is 0.128. The van der Waals surface area contributed by atoms with Gasteiger partial charge in [-0.25, -0.2) is 4.79 Å². The Morgan fingerprint density at radius 2 is 1.25 bits per heavy atom. The number of carbonyl (C=O) groups is 2. The third-order valence-electron chi connectivity index (χ3n) is 8.62. The van der Waals surface area contributed by atoms with E-state index in [4.69, 9.17) is 17.0 Å². The number of hydrogen-bond acceptors (Lipinski definition) is 6. The van der Waals surface area contributed by atoms with Crippen LogP contribution in [-0.4, -0.2) is 37.5 Å². The van der Waals surface area contributed by atoms with Gasteiger partial charge in [-0.2, -0.15) is 0 Å². The fourth-order valence-electron chi connectivity index (χ4n) is 6.36. The molecule has 1 unspecified atom stereocenters. The number of hydrogen-bond donors (Lipinski definition) is 0. The van der Waals surface area contributed by atoms with Crippen molar-refractivity contribution < 1.29 is 19.2 Å². The molecular formula is C39H33N2O5PS. The SMILES string of the molecule is CC1(CC(=S)c2ccccc2)CC(=O)N1C(C(=O)OCc1ccc([N+](=O)[O-])cc1)=P(c1ccccc1)(c1ccccc1)c1ccccc1. The average Bonchev–Trinajstić information content (AvgIpc) is 3.12. The lowest BCUT2D eigenvalue weighted by atomic mass is 9.80. The van der Waals surface area contributed by atoms with Crippen LogP contribution in [0.15, 0.2) is 146 Å². The summed E-state index contributed by atoms with van der Waals surface area (Å²) in [6.45, 7) is -1.27. The molecule has 0 aromatic heterocycles. The van der Waals surface area contributed by atoms with Crippen LogP contribution in [0.4, 0.5) is 5.69 Å². The molecule has 5 aromatic rings. The molecule has 1 aliphatic rings. The second-order valence-electron chi connectivity index (χ2n) is 11.9. The van der Waals surface area contributed by atoms with Gasteiger partial charge in [0.25, 0.3) is 5.69 Å². The van der Waals surface area contributed by atoms with Gasteiger partial charge in [0.2, 0.25) is 5.91 Å². The van der Waals surface area contributed by atoms with Crippen molar-refractivity contribution in [2.24, 2.45) is 0 Å². The topological polar surface area (TPSA) is 89.8 Å². The lowest BCUT2D eigenvalue weighted by molar-refractivity contribution is -0.384. The van der Waals surface area contributed by atoms with Gasteiger partial charge in [0.05, 0.1) is 16.9 Å². The first-order chi connectivity index (χ1) is 23.2.